The van der Waals surface area contributed by atoms with E-state index in [1.165, 1.54) is 12.0 Å². The SMILES string of the molecule is COC(=O)CN(C)C(=O)Cc1ccccc1CN. The second-order valence-corrected chi connectivity index (χ2v) is 3.98. The topological polar surface area (TPSA) is 72.6 Å². The molecule has 5 heteroatoms. The van der Waals surface area contributed by atoms with Gasteiger partial charge in [-0.2, -0.15) is 0 Å². The lowest BCUT2D eigenvalue weighted by Crippen LogP contribution is -2.33. The van der Waals surface area contributed by atoms with Crippen molar-refractivity contribution in [3.05, 3.63) is 35.4 Å². The van der Waals surface area contributed by atoms with E-state index < -0.39 is 5.97 Å². The summed E-state index contributed by atoms with van der Waals surface area (Å²) in [6.07, 6.45) is 0.237. The van der Waals surface area contributed by atoms with Crippen LogP contribution in [-0.2, 0) is 27.3 Å². The highest BCUT2D eigenvalue weighted by Gasteiger charge is 2.14. The maximum Gasteiger partial charge on any atom is 0.325 e. The standard InChI is InChI=1S/C13H18N2O3/c1-15(9-13(17)18-2)12(16)7-10-5-3-4-6-11(10)8-14/h3-6H,7-9,14H2,1-2H3. The van der Waals surface area contributed by atoms with Crippen LogP contribution < -0.4 is 5.73 Å². The maximum atomic E-state index is 11.9. The Morgan fingerprint density at radius 1 is 1.28 bits per heavy atom. The minimum atomic E-state index is -0.432. The van der Waals surface area contributed by atoms with E-state index >= 15 is 0 Å². The maximum absolute atomic E-state index is 11.9. The third kappa shape index (κ3) is 3.85. The number of amides is 1. The predicted molar refractivity (Wildman–Crippen MR) is 67.7 cm³/mol. The molecule has 0 saturated carbocycles. The molecule has 1 amide bonds. The third-order valence-corrected chi connectivity index (χ3v) is 2.70. The Hall–Kier alpha value is -1.88. The lowest BCUT2D eigenvalue weighted by atomic mass is 10.0. The molecule has 0 atom stereocenters. The molecule has 0 radical (unpaired) electrons. The Labute approximate surface area is 107 Å². The van der Waals surface area contributed by atoms with E-state index in [-0.39, 0.29) is 18.9 Å². The number of carbonyl (C=O) groups is 2. The number of likely N-dealkylation sites (N-methyl/N-ethyl adjacent to an activating group) is 1. The van der Waals surface area contributed by atoms with Gasteiger partial charge in [-0.05, 0) is 11.1 Å². The average Bonchev–Trinajstić information content (AvgIpc) is 2.39. The number of esters is 1. The van der Waals surface area contributed by atoms with Crippen molar-refractivity contribution in [2.24, 2.45) is 5.73 Å². The van der Waals surface area contributed by atoms with E-state index in [9.17, 15) is 9.59 Å². The molecule has 0 aliphatic carbocycles. The number of hydrogen-bond acceptors (Lipinski definition) is 4. The molecule has 0 aliphatic heterocycles. The molecule has 1 aromatic rings. The van der Waals surface area contributed by atoms with Gasteiger partial charge in [0.05, 0.1) is 13.5 Å². The van der Waals surface area contributed by atoms with E-state index in [4.69, 9.17) is 5.73 Å². The smallest absolute Gasteiger partial charge is 0.325 e. The fraction of sp³-hybridized carbons (Fsp3) is 0.385. The van der Waals surface area contributed by atoms with Crippen molar-refractivity contribution >= 4 is 11.9 Å². The van der Waals surface area contributed by atoms with Crippen LogP contribution in [-0.4, -0.2) is 37.5 Å². The second-order valence-electron chi connectivity index (χ2n) is 3.98. The normalized spacial score (nSPS) is 9.94. The number of ether oxygens (including phenoxy) is 1. The summed E-state index contributed by atoms with van der Waals surface area (Å²) in [6.45, 7) is 0.351. The first kappa shape index (κ1) is 14.2. The molecular weight excluding hydrogens is 232 g/mol. The highest BCUT2D eigenvalue weighted by Crippen LogP contribution is 2.09. The van der Waals surface area contributed by atoms with Crippen LogP contribution in [0.15, 0.2) is 24.3 Å². The third-order valence-electron chi connectivity index (χ3n) is 2.70. The monoisotopic (exact) mass is 250 g/mol. The molecule has 1 aromatic carbocycles. The number of rotatable bonds is 5. The summed E-state index contributed by atoms with van der Waals surface area (Å²) in [6, 6.07) is 7.51. The Morgan fingerprint density at radius 3 is 2.44 bits per heavy atom. The van der Waals surface area contributed by atoms with Crippen molar-refractivity contribution in [2.75, 3.05) is 20.7 Å². The molecule has 18 heavy (non-hydrogen) atoms. The summed E-state index contributed by atoms with van der Waals surface area (Å²) in [5.74, 6) is -0.570. The molecule has 0 aromatic heterocycles. The summed E-state index contributed by atoms with van der Waals surface area (Å²) in [7, 11) is 2.87. The molecule has 0 bridgehead atoms. The summed E-state index contributed by atoms with van der Waals surface area (Å²) in [4.78, 5) is 24.3. The molecule has 1 rings (SSSR count). The van der Waals surface area contributed by atoms with Crippen LogP contribution in [0.25, 0.3) is 0 Å². The van der Waals surface area contributed by atoms with E-state index in [1.54, 1.807) is 7.05 Å². The van der Waals surface area contributed by atoms with Crippen molar-refractivity contribution < 1.29 is 14.3 Å². The Morgan fingerprint density at radius 2 is 1.89 bits per heavy atom. The summed E-state index contributed by atoms with van der Waals surface area (Å²) in [5, 5.41) is 0. The van der Waals surface area contributed by atoms with Gasteiger partial charge in [-0.3, -0.25) is 9.59 Å². The number of carbonyl (C=O) groups excluding carboxylic acids is 2. The van der Waals surface area contributed by atoms with Gasteiger partial charge in [0, 0.05) is 13.6 Å². The Bertz CT molecular complexity index is 432. The van der Waals surface area contributed by atoms with Gasteiger partial charge in [-0.1, -0.05) is 24.3 Å². The number of nitrogens with two attached hydrogens (primary N) is 1. The Balaban J connectivity index is 2.66. The minimum absolute atomic E-state index is 0.0415. The van der Waals surface area contributed by atoms with Gasteiger partial charge < -0.3 is 15.4 Å². The molecular formula is C13H18N2O3. The molecule has 98 valence electrons. The zero-order chi connectivity index (χ0) is 13.5. The quantitative estimate of drug-likeness (QED) is 0.764. The van der Waals surface area contributed by atoms with Crippen LogP contribution in [0, 0.1) is 0 Å². The van der Waals surface area contributed by atoms with Crippen LogP contribution in [0.2, 0.25) is 0 Å². The molecule has 0 heterocycles. The summed E-state index contributed by atoms with van der Waals surface area (Å²) >= 11 is 0. The number of nitrogens with zero attached hydrogens (tertiary/aromatic N) is 1. The molecule has 0 fully saturated rings. The van der Waals surface area contributed by atoms with E-state index in [1.807, 2.05) is 24.3 Å². The van der Waals surface area contributed by atoms with Crippen LogP contribution >= 0.6 is 0 Å². The lowest BCUT2D eigenvalue weighted by Gasteiger charge is -2.16. The molecule has 0 unspecified atom stereocenters. The largest absolute Gasteiger partial charge is 0.468 e. The van der Waals surface area contributed by atoms with Gasteiger partial charge in [0.15, 0.2) is 0 Å². The van der Waals surface area contributed by atoms with E-state index in [2.05, 4.69) is 4.74 Å². The van der Waals surface area contributed by atoms with E-state index in [0.29, 0.717) is 6.54 Å². The van der Waals surface area contributed by atoms with Crippen molar-refractivity contribution in [3.63, 3.8) is 0 Å². The molecule has 5 nitrogen and oxygen atoms in total. The van der Waals surface area contributed by atoms with Gasteiger partial charge in [-0.15, -0.1) is 0 Å². The summed E-state index contributed by atoms with van der Waals surface area (Å²) in [5.41, 5.74) is 7.44. The lowest BCUT2D eigenvalue weighted by molar-refractivity contribution is -0.145. The van der Waals surface area contributed by atoms with Crippen molar-refractivity contribution in [2.45, 2.75) is 13.0 Å². The fourth-order valence-electron chi connectivity index (χ4n) is 1.57. The van der Waals surface area contributed by atoms with Crippen LogP contribution in [0.1, 0.15) is 11.1 Å². The summed E-state index contributed by atoms with van der Waals surface area (Å²) < 4.78 is 4.51. The molecule has 2 N–H and O–H groups in total. The van der Waals surface area contributed by atoms with Gasteiger partial charge >= 0.3 is 5.97 Å². The average molecular weight is 250 g/mol. The number of methoxy groups -OCH3 is 1. The molecule has 0 spiro atoms. The predicted octanol–water partition coefficient (Wildman–Crippen LogP) is 0.319. The number of benzene rings is 1. The van der Waals surface area contributed by atoms with Gasteiger partial charge in [0.2, 0.25) is 5.91 Å². The zero-order valence-corrected chi connectivity index (χ0v) is 10.7. The zero-order valence-electron chi connectivity index (χ0n) is 10.7. The highest BCUT2D eigenvalue weighted by molar-refractivity contribution is 5.83. The number of hydrogen-bond donors (Lipinski definition) is 1. The second kappa shape index (κ2) is 6.76. The van der Waals surface area contributed by atoms with E-state index in [0.717, 1.165) is 11.1 Å². The molecule has 0 saturated heterocycles. The first-order valence-corrected chi connectivity index (χ1v) is 5.66. The van der Waals surface area contributed by atoms with Gasteiger partial charge in [0.1, 0.15) is 6.54 Å². The van der Waals surface area contributed by atoms with Crippen molar-refractivity contribution in [3.8, 4) is 0 Å². The highest BCUT2D eigenvalue weighted by atomic mass is 16.5. The molecule has 0 aliphatic rings. The van der Waals surface area contributed by atoms with Gasteiger partial charge in [0.25, 0.3) is 0 Å². The van der Waals surface area contributed by atoms with Gasteiger partial charge in [-0.25, -0.2) is 0 Å². The van der Waals surface area contributed by atoms with Crippen molar-refractivity contribution in [1.29, 1.82) is 0 Å². The first-order valence-electron chi connectivity index (χ1n) is 5.66. The fourth-order valence-corrected chi connectivity index (χ4v) is 1.57. The van der Waals surface area contributed by atoms with Crippen molar-refractivity contribution in [1.82, 2.24) is 4.90 Å². The van der Waals surface area contributed by atoms with Crippen LogP contribution in [0.5, 0.6) is 0 Å². The van der Waals surface area contributed by atoms with Crippen LogP contribution in [0.3, 0.4) is 0 Å². The minimum Gasteiger partial charge on any atom is -0.468 e. The Kier molecular flexibility index (Phi) is 5.32. The van der Waals surface area contributed by atoms with Crippen LogP contribution in [0.4, 0.5) is 0 Å². The first-order chi connectivity index (χ1) is 8.58.